The molecule has 0 bridgehead atoms. The van der Waals surface area contributed by atoms with Gasteiger partial charge in [-0.25, -0.2) is 0 Å². The summed E-state index contributed by atoms with van der Waals surface area (Å²) >= 11 is 0. The fourth-order valence-corrected chi connectivity index (χ4v) is 4.52. The third kappa shape index (κ3) is 3.54. The molecule has 4 heteroatoms. The van der Waals surface area contributed by atoms with Crippen molar-refractivity contribution in [3.8, 4) is 0 Å². The second-order valence-electron chi connectivity index (χ2n) is 6.01. The van der Waals surface area contributed by atoms with Crippen molar-refractivity contribution >= 4 is 10.8 Å². The van der Waals surface area contributed by atoms with Crippen LogP contribution in [0.4, 0.5) is 0 Å². The first-order valence-electron chi connectivity index (χ1n) is 5.97. The minimum atomic E-state index is -0.837. The quantitative estimate of drug-likeness (QED) is 0.824. The van der Waals surface area contributed by atoms with Crippen LogP contribution in [-0.2, 0) is 15.5 Å². The first kappa shape index (κ1) is 14.1. The lowest BCUT2D eigenvalue weighted by Crippen LogP contribution is -2.37. The maximum absolute atomic E-state index is 12.2. The summed E-state index contributed by atoms with van der Waals surface area (Å²) in [5, 5.41) is 0.126. The van der Waals surface area contributed by atoms with Gasteiger partial charge in [0.1, 0.15) is 0 Å². The van der Waals surface area contributed by atoms with E-state index in [9.17, 15) is 4.21 Å². The third-order valence-corrected chi connectivity index (χ3v) is 5.09. The minimum Gasteiger partial charge on any atom is -0.368 e. The Morgan fingerprint density at radius 3 is 2.38 bits per heavy atom. The van der Waals surface area contributed by atoms with Gasteiger partial charge in [-0.15, -0.1) is 0 Å². The fourth-order valence-electron chi connectivity index (χ4n) is 2.37. The molecular formula is C12H25NO2S. The summed E-state index contributed by atoms with van der Waals surface area (Å²) in [6, 6.07) is 0.127. The van der Waals surface area contributed by atoms with Gasteiger partial charge >= 0.3 is 0 Å². The number of ether oxygens (including phenoxy) is 1. The van der Waals surface area contributed by atoms with E-state index in [0.29, 0.717) is 5.75 Å². The van der Waals surface area contributed by atoms with E-state index in [-0.39, 0.29) is 22.5 Å². The highest BCUT2D eigenvalue weighted by Crippen LogP contribution is 2.40. The van der Waals surface area contributed by atoms with Crippen LogP contribution < -0.4 is 5.73 Å². The molecule has 16 heavy (non-hydrogen) atoms. The van der Waals surface area contributed by atoms with Crippen LogP contribution in [0.1, 0.15) is 47.5 Å². The number of hydrogen-bond acceptors (Lipinski definition) is 3. The molecule has 0 aromatic carbocycles. The van der Waals surface area contributed by atoms with E-state index in [0.717, 1.165) is 12.8 Å². The zero-order valence-corrected chi connectivity index (χ0v) is 11.9. The molecule has 0 amide bonds. The predicted molar refractivity (Wildman–Crippen MR) is 68.9 cm³/mol. The Bertz CT molecular complexity index is 274. The van der Waals surface area contributed by atoms with Crippen LogP contribution >= 0.6 is 0 Å². The summed E-state index contributed by atoms with van der Waals surface area (Å²) in [6.45, 7) is 10.2. The van der Waals surface area contributed by atoms with Gasteiger partial charge in [0.2, 0.25) is 0 Å². The zero-order chi connectivity index (χ0) is 12.6. The standard InChI is InChI=1S/C12H25NO2S/c1-9(13)6-7-16(14)10-8-11(2,3)15-12(10,4)5/h9-10H,6-8,13H2,1-5H3. The second kappa shape index (κ2) is 4.75. The normalized spacial score (nSPS) is 31.2. The van der Waals surface area contributed by atoms with Gasteiger partial charge in [0.05, 0.1) is 16.5 Å². The maximum Gasteiger partial charge on any atom is 0.0777 e. The zero-order valence-electron chi connectivity index (χ0n) is 11.1. The molecule has 1 heterocycles. The molecule has 0 aromatic heterocycles. The van der Waals surface area contributed by atoms with E-state index in [1.807, 2.05) is 20.8 Å². The molecule has 0 radical (unpaired) electrons. The highest BCUT2D eigenvalue weighted by Gasteiger charge is 2.48. The number of nitrogens with two attached hydrogens (primary N) is 1. The van der Waals surface area contributed by atoms with Crippen molar-refractivity contribution in [2.75, 3.05) is 5.75 Å². The first-order valence-corrected chi connectivity index (χ1v) is 7.35. The molecule has 1 aliphatic heterocycles. The van der Waals surface area contributed by atoms with E-state index in [1.165, 1.54) is 0 Å². The Balaban J connectivity index is 2.63. The average molecular weight is 247 g/mol. The van der Waals surface area contributed by atoms with E-state index in [2.05, 4.69) is 13.8 Å². The van der Waals surface area contributed by atoms with Gasteiger partial charge in [-0.1, -0.05) is 0 Å². The summed E-state index contributed by atoms with van der Waals surface area (Å²) in [4.78, 5) is 0. The smallest absolute Gasteiger partial charge is 0.0777 e. The van der Waals surface area contributed by atoms with E-state index >= 15 is 0 Å². The maximum atomic E-state index is 12.2. The Kier molecular flexibility index (Phi) is 4.19. The van der Waals surface area contributed by atoms with E-state index in [4.69, 9.17) is 10.5 Å². The molecule has 3 unspecified atom stereocenters. The largest absolute Gasteiger partial charge is 0.368 e. The highest BCUT2D eigenvalue weighted by molar-refractivity contribution is 7.85. The Morgan fingerprint density at radius 2 is 2.00 bits per heavy atom. The van der Waals surface area contributed by atoms with Gasteiger partial charge in [-0.2, -0.15) is 0 Å². The summed E-state index contributed by atoms with van der Waals surface area (Å²) < 4.78 is 18.2. The van der Waals surface area contributed by atoms with Crippen LogP contribution in [0, 0.1) is 0 Å². The molecule has 1 rings (SSSR count). The highest BCUT2D eigenvalue weighted by atomic mass is 32.2. The monoisotopic (exact) mass is 247 g/mol. The average Bonchev–Trinajstić information content (AvgIpc) is 2.30. The molecule has 1 saturated heterocycles. The molecular weight excluding hydrogens is 222 g/mol. The minimum absolute atomic E-state index is 0.126. The number of rotatable bonds is 4. The van der Waals surface area contributed by atoms with Crippen LogP contribution in [0.15, 0.2) is 0 Å². The van der Waals surface area contributed by atoms with Gasteiger partial charge < -0.3 is 10.5 Å². The first-order chi connectivity index (χ1) is 7.14. The molecule has 1 aliphatic rings. The predicted octanol–water partition coefficient (Wildman–Crippen LogP) is 1.82. The van der Waals surface area contributed by atoms with Crippen molar-refractivity contribution in [2.24, 2.45) is 5.73 Å². The number of hydrogen-bond donors (Lipinski definition) is 1. The van der Waals surface area contributed by atoms with Crippen LogP contribution in [0.3, 0.4) is 0 Å². The van der Waals surface area contributed by atoms with Crippen LogP contribution in [0.25, 0.3) is 0 Å². The van der Waals surface area contributed by atoms with Gasteiger partial charge in [-0.3, -0.25) is 4.21 Å². The van der Waals surface area contributed by atoms with Crippen molar-refractivity contribution < 1.29 is 8.95 Å². The Hall–Kier alpha value is 0.0700. The van der Waals surface area contributed by atoms with Crippen LogP contribution in [0.5, 0.6) is 0 Å². The van der Waals surface area contributed by atoms with Crippen molar-refractivity contribution in [2.45, 2.75) is 70.0 Å². The van der Waals surface area contributed by atoms with E-state index in [1.54, 1.807) is 0 Å². The van der Waals surface area contributed by atoms with Gasteiger partial charge in [0, 0.05) is 22.6 Å². The van der Waals surface area contributed by atoms with Gasteiger partial charge in [-0.05, 0) is 47.5 Å². The molecule has 3 nitrogen and oxygen atoms in total. The molecule has 0 spiro atoms. The molecule has 96 valence electrons. The lowest BCUT2D eigenvalue weighted by molar-refractivity contribution is -0.0633. The van der Waals surface area contributed by atoms with E-state index < -0.39 is 10.8 Å². The van der Waals surface area contributed by atoms with Crippen LogP contribution in [-0.4, -0.2) is 32.5 Å². The molecule has 3 atom stereocenters. The van der Waals surface area contributed by atoms with Crippen molar-refractivity contribution in [3.05, 3.63) is 0 Å². The van der Waals surface area contributed by atoms with Gasteiger partial charge in [0.15, 0.2) is 0 Å². The molecule has 0 aliphatic carbocycles. The van der Waals surface area contributed by atoms with Crippen molar-refractivity contribution in [1.29, 1.82) is 0 Å². The lowest BCUT2D eigenvalue weighted by Gasteiger charge is -2.26. The fraction of sp³-hybridized carbons (Fsp3) is 1.00. The Labute approximate surface area is 102 Å². The van der Waals surface area contributed by atoms with Gasteiger partial charge in [0.25, 0.3) is 0 Å². The molecule has 0 saturated carbocycles. The molecule has 2 N–H and O–H groups in total. The summed E-state index contributed by atoms with van der Waals surface area (Å²) in [5.41, 5.74) is 5.25. The second-order valence-corrected chi connectivity index (χ2v) is 7.75. The summed E-state index contributed by atoms with van der Waals surface area (Å²) in [5.74, 6) is 0.686. The lowest BCUT2D eigenvalue weighted by atomic mass is 10.0. The SMILES string of the molecule is CC(N)CCS(=O)C1CC(C)(C)OC1(C)C. The molecule has 1 fully saturated rings. The summed E-state index contributed by atoms with van der Waals surface area (Å²) in [6.07, 6.45) is 1.69. The van der Waals surface area contributed by atoms with Crippen molar-refractivity contribution in [3.63, 3.8) is 0 Å². The van der Waals surface area contributed by atoms with Crippen molar-refractivity contribution in [1.82, 2.24) is 0 Å². The van der Waals surface area contributed by atoms with Crippen LogP contribution in [0.2, 0.25) is 0 Å². The summed E-state index contributed by atoms with van der Waals surface area (Å²) in [7, 11) is -0.837. The topological polar surface area (TPSA) is 52.3 Å². The molecule has 0 aromatic rings. The third-order valence-electron chi connectivity index (χ3n) is 3.08. The Morgan fingerprint density at radius 1 is 1.44 bits per heavy atom.